The molecule has 4 nitrogen and oxygen atoms in total. The quantitative estimate of drug-likeness (QED) is 0.193. The molecule has 1 aromatic heterocycles. The number of hydrogen-bond acceptors (Lipinski definition) is 4. The molecular weight excluding hydrogens is 423 g/mol. The molecular formula is C24H20Cl2O4. The average molecular weight is 443 g/mol. The molecule has 0 aliphatic rings. The summed E-state index contributed by atoms with van der Waals surface area (Å²) in [7, 11) is 1.48. The highest BCUT2D eigenvalue weighted by molar-refractivity contribution is 6.37. The van der Waals surface area contributed by atoms with Gasteiger partial charge >= 0.3 is 0 Å². The second-order valence-corrected chi connectivity index (χ2v) is 7.10. The number of hydrogen-bond donors (Lipinski definition) is 1. The van der Waals surface area contributed by atoms with Gasteiger partial charge in [-0.25, -0.2) is 0 Å². The van der Waals surface area contributed by atoms with E-state index < -0.39 is 5.78 Å². The van der Waals surface area contributed by atoms with Gasteiger partial charge in [0.2, 0.25) is 11.5 Å². The van der Waals surface area contributed by atoms with Crippen LogP contribution in [-0.4, -0.2) is 23.9 Å². The number of aliphatic hydroxyl groups excluding tert-OH is 1. The van der Waals surface area contributed by atoms with Crippen LogP contribution in [0, 0.1) is 0 Å². The summed E-state index contributed by atoms with van der Waals surface area (Å²) in [6.45, 7) is 3.59. The fraction of sp³-hybridized carbons (Fsp3) is 0.125. The van der Waals surface area contributed by atoms with Crippen LogP contribution in [0.2, 0.25) is 0 Å². The Morgan fingerprint density at radius 1 is 1.23 bits per heavy atom. The number of allylic oxidation sites excluding steroid dienone is 5. The van der Waals surface area contributed by atoms with Crippen LogP contribution in [0.3, 0.4) is 0 Å². The van der Waals surface area contributed by atoms with Gasteiger partial charge < -0.3 is 14.3 Å². The summed E-state index contributed by atoms with van der Waals surface area (Å²) in [5, 5.41) is 10.3. The van der Waals surface area contributed by atoms with Crippen molar-refractivity contribution >= 4 is 40.0 Å². The number of Topliss-reactive ketones (excluding diaryl/α,β-unsaturated/α-hetero) is 1. The van der Waals surface area contributed by atoms with Crippen molar-refractivity contribution in [3.05, 3.63) is 89.2 Å². The Hall–Kier alpha value is -2.79. The van der Waals surface area contributed by atoms with E-state index in [0.717, 1.165) is 16.7 Å². The Bertz CT molecular complexity index is 1160. The van der Waals surface area contributed by atoms with E-state index in [2.05, 4.69) is 6.58 Å². The first-order chi connectivity index (χ1) is 14.5. The van der Waals surface area contributed by atoms with E-state index in [1.54, 1.807) is 0 Å². The zero-order chi connectivity index (χ0) is 21.7. The number of ketones is 1. The highest BCUT2D eigenvalue weighted by Gasteiger charge is 2.25. The highest BCUT2D eigenvalue weighted by Crippen LogP contribution is 2.37. The molecule has 0 bridgehead atoms. The first kappa shape index (κ1) is 21.9. The van der Waals surface area contributed by atoms with Crippen LogP contribution < -0.4 is 4.74 Å². The number of furan rings is 1. The van der Waals surface area contributed by atoms with Crippen molar-refractivity contribution in [1.29, 1.82) is 0 Å². The van der Waals surface area contributed by atoms with E-state index in [0.29, 0.717) is 16.7 Å². The summed E-state index contributed by atoms with van der Waals surface area (Å²) in [5.41, 5.74) is 3.32. The summed E-state index contributed by atoms with van der Waals surface area (Å²) in [4.78, 5) is 13.2. The van der Waals surface area contributed by atoms with Crippen molar-refractivity contribution in [2.24, 2.45) is 0 Å². The van der Waals surface area contributed by atoms with Crippen LogP contribution in [0.4, 0.5) is 0 Å². The number of alkyl halides is 1. The number of carbonyl (C=O) groups excluding carboxylic acids is 1. The normalized spacial score (nSPS) is 12.3. The molecule has 0 radical (unpaired) electrons. The number of ether oxygens (including phenoxy) is 1. The maximum atomic E-state index is 13.2. The third kappa shape index (κ3) is 4.36. The molecule has 0 amide bonds. The van der Waals surface area contributed by atoms with Crippen LogP contribution in [0.25, 0.3) is 22.1 Å². The van der Waals surface area contributed by atoms with Gasteiger partial charge in [0.25, 0.3) is 0 Å². The third-order valence-corrected chi connectivity index (χ3v) is 5.05. The number of aliphatic hydroxyl groups is 1. The SMILES string of the molecule is C=C/C=C(C(=O)c1oc2cc(-c3cccc(CO)c3)ccc2c1OC)\C(Cl)=C/CCl. The Morgan fingerprint density at radius 2 is 2.00 bits per heavy atom. The second kappa shape index (κ2) is 9.81. The van der Waals surface area contributed by atoms with Gasteiger partial charge in [0.1, 0.15) is 5.58 Å². The Balaban J connectivity index is 2.12. The molecule has 2 aromatic carbocycles. The van der Waals surface area contributed by atoms with E-state index >= 15 is 0 Å². The fourth-order valence-electron chi connectivity index (χ4n) is 3.14. The summed E-state index contributed by atoms with van der Waals surface area (Å²) in [6.07, 6.45) is 4.50. The summed E-state index contributed by atoms with van der Waals surface area (Å²) in [5.74, 6) is 0.103. The van der Waals surface area contributed by atoms with Gasteiger partial charge in [-0.2, -0.15) is 0 Å². The van der Waals surface area contributed by atoms with Crippen LogP contribution in [0.1, 0.15) is 16.1 Å². The molecule has 3 rings (SSSR count). The lowest BCUT2D eigenvalue weighted by Gasteiger charge is -2.05. The third-order valence-electron chi connectivity index (χ3n) is 4.54. The second-order valence-electron chi connectivity index (χ2n) is 6.39. The molecule has 0 unspecified atom stereocenters. The van der Waals surface area contributed by atoms with Gasteiger partial charge in [0.05, 0.1) is 19.1 Å². The zero-order valence-corrected chi connectivity index (χ0v) is 17.8. The number of rotatable bonds is 8. The van der Waals surface area contributed by atoms with Crippen molar-refractivity contribution in [3.63, 3.8) is 0 Å². The van der Waals surface area contributed by atoms with E-state index in [4.69, 9.17) is 32.4 Å². The van der Waals surface area contributed by atoms with Gasteiger partial charge in [-0.05, 0) is 34.9 Å². The van der Waals surface area contributed by atoms with Gasteiger partial charge in [-0.1, -0.05) is 60.7 Å². The minimum Gasteiger partial charge on any atom is -0.492 e. The molecule has 0 saturated carbocycles. The van der Waals surface area contributed by atoms with Crippen molar-refractivity contribution in [1.82, 2.24) is 0 Å². The minimum absolute atomic E-state index is 0.0433. The van der Waals surface area contributed by atoms with Crippen LogP contribution >= 0.6 is 23.2 Å². The van der Waals surface area contributed by atoms with Crippen LogP contribution in [0.15, 0.2) is 82.3 Å². The van der Waals surface area contributed by atoms with E-state index in [-0.39, 0.29) is 28.9 Å². The molecule has 0 spiro atoms. The summed E-state index contributed by atoms with van der Waals surface area (Å²) >= 11 is 12.0. The largest absolute Gasteiger partial charge is 0.492 e. The van der Waals surface area contributed by atoms with E-state index in [1.165, 1.54) is 25.3 Å². The maximum absolute atomic E-state index is 13.2. The van der Waals surface area contributed by atoms with Gasteiger partial charge in [0.15, 0.2) is 5.75 Å². The molecule has 3 aromatic rings. The monoisotopic (exact) mass is 442 g/mol. The lowest BCUT2D eigenvalue weighted by Crippen LogP contribution is -2.04. The molecule has 0 aliphatic heterocycles. The average Bonchev–Trinajstić information content (AvgIpc) is 3.15. The van der Waals surface area contributed by atoms with Gasteiger partial charge in [0, 0.05) is 16.5 Å². The highest BCUT2D eigenvalue weighted by atomic mass is 35.5. The maximum Gasteiger partial charge on any atom is 0.233 e. The molecule has 0 fully saturated rings. The molecule has 1 N–H and O–H groups in total. The predicted octanol–water partition coefficient (Wildman–Crippen LogP) is 6.26. The first-order valence-electron chi connectivity index (χ1n) is 9.14. The Kier molecular flexibility index (Phi) is 7.16. The molecule has 0 aliphatic carbocycles. The van der Waals surface area contributed by atoms with Crippen molar-refractivity contribution < 1.29 is 19.1 Å². The molecule has 1 heterocycles. The van der Waals surface area contributed by atoms with Crippen LogP contribution in [-0.2, 0) is 6.61 Å². The number of methoxy groups -OCH3 is 1. The predicted molar refractivity (Wildman–Crippen MR) is 121 cm³/mol. The van der Waals surface area contributed by atoms with Gasteiger partial charge in [-0.3, -0.25) is 4.79 Å². The molecule has 30 heavy (non-hydrogen) atoms. The molecule has 6 heteroatoms. The van der Waals surface area contributed by atoms with Crippen molar-refractivity contribution in [2.45, 2.75) is 6.61 Å². The van der Waals surface area contributed by atoms with Crippen LogP contribution in [0.5, 0.6) is 5.75 Å². The van der Waals surface area contributed by atoms with Gasteiger partial charge in [-0.15, -0.1) is 11.6 Å². The van der Waals surface area contributed by atoms with Crippen molar-refractivity contribution in [2.75, 3.05) is 13.0 Å². The number of benzene rings is 2. The lowest BCUT2D eigenvalue weighted by molar-refractivity contribution is 0.101. The number of carbonyl (C=O) groups is 1. The lowest BCUT2D eigenvalue weighted by atomic mass is 10.0. The van der Waals surface area contributed by atoms with E-state index in [9.17, 15) is 9.90 Å². The molecule has 0 atom stereocenters. The zero-order valence-electron chi connectivity index (χ0n) is 16.3. The summed E-state index contributed by atoms with van der Waals surface area (Å²) in [6, 6.07) is 13.1. The summed E-state index contributed by atoms with van der Waals surface area (Å²) < 4.78 is 11.4. The fourth-order valence-corrected chi connectivity index (χ4v) is 3.59. The minimum atomic E-state index is -0.432. The topological polar surface area (TPSA) is 59.7 Å². The standard InChI is InChI=1S/C24H20Cl2O4/c1-3-5-18(20(26)10-11-25)22(28)24-23(29-2)19-9-8-17(13-21(19)30-24)16-7-4-6-15(12-16)14-27/h3-10,12-13,27H,1,11,14H2,2H3/b18-5+,20-10+. The van der Waals surface area contributed by atoms with E-state index in [1.807, 2.05) is 42.5 Å². The number of halogens is 2. The Labute approximate surface area is 184 Å². The smallest absolute Gasteiger partial charge is 0.233 e. The molecule has 0 saturated heterocycles. The van der Waals surface area contributed by atoms with Crippen molar-refractivity contribution in [3.8, 4) is 16.9 Å². The first-order valence-corrected chi connectivity index (χ1v) is 10.0. The Morgan fingerprint density at radius 3 is 2.67 bits per heavy atom. The number of fused-ring (bicyclic) bond motifs is 1. The molecule has 154 valence electrons.